The predicted molar refractivity (Wildman–Crippen MR) is 96.6 cm³/mol. The Labute approximate surface area is 143 Å². The smallest absolute Gasteiger partial charge is 0.0678 e. The van der Waals surface area contributed by atoms with Gasteiger partial charge in [-0.1, -0.05) is 30.3 Å². The minimum Gasteiger partial charge on any atom is -0.373 e. The first kappa shape index (κ1) is 16.7. The van der Waals surface area contributed by atoms with Gasteiger partial charge in [0.1, 0.15) is 0 Å². The van der Waals surface area contributed by atoms with Gasteiger partial charge in [0.15, 0.2) is 0 Å². The Morgan fingerprint density at radius 3 is 2.48 bits per heavy atom. The van der Waals surface area contributed by atoms with Gasteiger partial charge in [-0.15, -0.1) is 11.3 Å². The van der Waals surface area contributed by atoms with Crippen molar-refractivity contribution in [3.8, 4) is 0 Å². The standard InChI is InChI=1S/C19H26N2OS/c1-15-12-21(13-16(2)22-15)14-18-7-4-3-6-17(18)10-20-11-19-8-5-9-23-19/h3-9,15-16,20H,10-14H2,1-2H3/t15-,16-/m1/s1. The Morgan fingerprint density at radius 1 is 1.04 bits per heavy atom. The molecule has 1 fully saturated rings. The summed E-state index contributed by atoms with van der Waals surface area (Å²) in [5.41, 5.74) is 2.82. The number of ether oxygens (including phenoxy) is 1. The normalized spacial score (nSPS) is 22.3. The van der Waals surface area contributed by atoms with Crippen LogP contribution in [0.15, 0.2) is 41.8 Å². The van der Waals surface area contributed by atoms with E-state index in [4.69, 9.17) is 4.74 Å². The molecule has 2 aromatic rings. The molecule has 1 aliphatic rings. The van der Waals surface area contributed by atoms with Crippen LogP contribution < -0.4 is 5.32 Å². The molecular formula is C19H26N2OS. The third kappa shape index (κ3) is 4.88. The van der Waals surface area contributed by atoms with Crippen LogP contribution in [0.3, 0.4) is 0 Å². The highest BCUT2D eigenvalue weighted by atomic mass is 32.1. The summed E-state index contributed by atoms with van der Waals surface area (Å²) in [7, 11) is 0. The zero-order chi connectivity index (χ0) is 16.1. The maximum atomic E-state index is 5.84. The molecule has 0 spiro atoms. The van der Waals surface area contributed by atoms with E-state index < -0.39 is 0 Å². The van der Waals surface area contributed by atoms with Crippen LogP contribution in [-0.2, 0) is 24.4 Å². The fourth-order valence-electron chi connectivity index (χ4n) is 3.27. The number of thiophene rings is 1. The number of hydrogen-bond acceptors (Lipinski definition) is 4. The summed E-state index contributed by atoms with van der Waals surface area (Å²) in [5.74, 6) is 0. The van der Waals surface area contributed by atoms with E-state index in [0.29, 0.717) is 12.2 Å². The molecule has 124 valence electrons. The molecule has 1 aliphatic heterocycles. The second-order valence-electron chi connectivity index (χ2n) is 6.40. The topological polar surface area (TPSA) is 24.5 Å². The largest absolute Gasteiger partial charge is 0.373 e. The van der Waals surface area contributed by atoms with Gasteiger partial charge in [0.2, 0.25) is 0 Å². The molecule has 1 aromatic carbocycles. The van der Waals surface area contributed by atoms with Crippen molar-refractivity contribution in [3.05, 3.63) is 57.8 Å². The monoisotopic (exact) mass is 330 g/mol. The Hall–Kier alpha value is -1.20. The highest BCUT2D eigenvalue weighted by Gasteiger charge is 2.22. The molecule has 1 aromatic heterocycles. The van der Waals surface area contributed by atoms with Crippen LogP contribution in [0, 0.1) is 0 Å². The molecule has 0 bridgehead atoms. The number of rotatable bonds is 6. The lowest BCUT2D eigenvalue weighted by molar-refractivity contribution is -0.0705. The molecule has 1 saturated heterocycles. The minimum absolute atomic E-state index is 0.322. The molecule has 23 heavy (non-hydrogen) atoms. The molecule has 1 N–H and O–H groups in total. The van der Waals surface area contributed by atoms with Crippen LogP contribution in [0.2, 0.25) is 0 Å². The van der Waals surface area contributed by atoms with Gasteiger partial charge in [0.25, 0.3) is 0 Å². The molecule has 0 aliphatic carbocycles. The predicted octanol–water partition coefficient (Wildman–Crippen LogP) is 3.65. The summed E-state index contributed by atoms with van der Waals surface area (Å²) >= 11 is 1.81. The third-order valence-corrected chi connectivity index (χ3v) is 5.08. The quantitative estimate of drug-likeness (QED) is 0.875. The summed E-state index contributed by atoms with van der Waals surface area (Å²) in [5, 5.41) is 5.70. The third-order valence-electron chi connectivity index (χ3n) is 4.20. The first-order valence-corrected chi connectivity index (χ1v) is 9.26. The van der Waals surface area contributed by atoms with Gasteiger partial charge in [-0.2, -0.15) is 0 Å². The molecule has 0 amide bonds. The number of morpholine rings is 1. The van der Waals surface area contributed by atoms with Gasteiger partial charge < -0.3 is 10.1 Å². The van der Waals surface area contributed by atoms with Gasteiger partial charge in [-0.25, -0.2) is 0 Å². The average molecular weight is 330 g/mol. The Kier molecular flexibility index (Phi) is 5.84. The van der Waals surface area contributed by atoms with Gasteiger partial charge in [0, 0.05) is 37.6 Å². The molecule has 0 unspecified atom stereocenters. The molecule has 3 nitrogen and oxygen atoms in total. The molecule has 2 heterocycles. The number of nitrogens with one attached hydrogen (secondary N) is 1. The lowest BCUT2D eigenvalue weighted by Crippen LogP contribution is -2.45. The maximum Gasteiger partial charge on any atom is 0.0678 e. The zero-order valence-corrected chi connectivity index (χ0v) is 14.8. The second-order valence-corrected chi connectivity index (χ2v) is 7.44. The van der Waals surface area contributed by atoms with Gasteiger partial charge in [-0.05, 0) is 36.4 Å². The van der Waals surface area contributed by atoms with Crippen molar-refractivity contribution >= 4 is 11.3 Å². The van der Waals surface area contributed by atoms with E-state index in [1.165, 1.54) is 16.0 Å². The summed E-state index contributed by atoms with van der Waals surface area (Å²) in [6, 6.07) is 13.1. The summed E-state index contributed by atoms with van der Waals surface area (Å²) in [6.45, 7) is 9.23. The Morgan fingerprint density at radius 2 is 1.78 bits per heavy atom. The van der Waals surface area contributed by atoms with Crippen molar-refractivity contribution in [2.24, 2.45) is 0 Å². The van der Waals surface area contributed by atoms with E-state index in [9.17, 15) is 0 Å². The molecule has 3 rings (SSSR count). The molecule has 0 radical (unpaired) electrons. The van der Waals surface area contributed by atoms with E-state index in [-0.39, 0.29) is 0 Å². The fourth-order valence-corrected chi connectivity index (χ4v) is 3.95. The average Bonchev–Trinajstić information content (AvgIpc) is 3.01. The van der Waals surface area contributed by atoms with Crippen molar-refractivity contribution in [2.45, 2.75) is 45.7 Å². The van der Waals surface area contributed by atoms with Crippen molar-refractivity contribution in [3.63, 3.8) is 0 Å². The van der Waals surface area contributed by atoms with Crippen LogP contribution in [0.5, 0.6) is 0 Å². The second kappa shape index (κ2) is 8.06. The Bertz CT molecular complexity index is 589. The van der Waals surface area contributed by atoms with Gasteiger partial charge in [-0.3, -0.25) is 4.90 Å². The van der Waals surface area contributed by atoms with Crippen LogP contribution in [0.1, 0.15) is 29.9 Å². The number of nitrogens with zero attached hydrogens (tertiary/aromatic N) is 1. The number of hydrogen-bond donors (Lipinski definition) is 1. The van der Waals surface area contributed by atoms with Crippen molar-refractivity contribution in [2.75, 3.05) is 13.1 Å². The van der Waals surface area contributed by atoms with E-state index in [1.54, 1.807) is 11.3 Å². The summed E-state index contributed by atoms with van der Waals surface area (Å²) < 4.78 is 5.84. The van der Waals surface area contributed by atoms with E-state index in [1.807, 2.05) is 0 Å². The molecule has 4 heteroatoms. The Balaban J connectivity index is 1.58. The maximum absolute atomic E-state index is 5.84. The van der Waals surface area contributed by atoms with Crippen molar-refractivity contribution in [1.82, 2.24) is 10.2 Å². The zero-order valence-electron chi connectivity index (χ0n) is 14.0. The van der Waals surface area contributed by atoms with Crippen LogP contribution >= 0.6 is 11.3 Å². The minimum atomic E-state index is 0.322. The van der Waals surface area contributed by atoms with E-state index in [0.717, 1.165) is 32.7 Å². The molecule has 2 atom stereocenters. The SMILES string of the molecule is C[C@@H]1CN(Cc2ccccc2CNCc2cccs2)C[C@@H](C)O1. The highest BCUT2D eigenvalue weighted by molar-refractivity contribution is 7.09. The van der Waals surface area contributed by atoms with E-state index >= 15 is 0 Å². The van der Waals surface area contributed by atoms with Gasteiger partial charge in [0.05, 0.1) is 12.2 Å². The lowest BCUT2D eigenvalue weighted by Gasteiger charge is -2.35. The highest BCUT2D eigenvalue weighted by Crippen LogP contribution is 2.17. The van der Waals surface area contributed by atoms with Crippen LogP contribution in [-0.4, -0.2) is 30.2 Å². The van der Waals surface area contributed by atoms with Crippen molar-refractivity contribution < 1.29 is 4.74 Å². The van der Waals surface area contributed by atoms with Crippen LogP contribution in [0.4, 0.5) is 0 Å². The lowest BCUT2D eigenvalue weighted by atomic mass is 10.1. The summed E-state index contributed by atoms with van der Waals surface area (Å²) in [6.07, 6.45) is 0.644. The van der Waals surface area contributed by atoms with E-state index in [2.05, 4.69) is 65.8 Å². The first-order valence-electron chi connectivity index (χ1n) is 8.38. The first-order chi connectivity index (χ1) is 11.2. The molecule has 0 saturated carbocycles. The van der Waals surface area contributed by atoms with Crippen molar-refractivity contribution in [1.29, 1.82) is 0 Å². The van der Waals surface area contributed by atoms with Crippen LogP contribution in [0.25, 0.3) is 0 Å². The molecular weight excluding hydrogens is 304 g/mol. The van der Waals surface area contributed by atoms with Gasteiger partial charge >= 0.3 is 0 Å². The fraction of sp³-hybridized carbons (Fsp3) is 0.474. The summed E-state index contributed by atoms with van der Waals surface area (Å²) in [4.78, 5) is 3.90. The number of benzene rings is 1.